The van der Waals surface area contributed by atoms with Gasteiger partial charge in [0.05, 0.1) is 33.9 Å². The Morgan fingerprint density at radius 1 is 1.40 bits per heavy atom. The summed E-state index contributed by atoms with van der Waals surface area (Å²) in [6.07, 6.45) is 0.490. The Hall–Kier alpha value is -1.15. The molecule has 0 aromatic heterocycles. The summed E-state index contributed by atoms with van der Waals surface area (Å²) in [5.74, 6) is -0.559. The number of nitrogens with zero attached hydrogens (tertiary/aromatic N) is 1. The number of carbonyl (C=O) groups is 1. The molecular weight excluding hydrogens is 351 g/mol. The van der Waals surface area contributed by atoms with Crippen molar-refractivity contribution in [2.45, 2.75) is 12.5 Å². The molecule has 1 N–H and O–H groups in total. The van der Waals surface area contributed by atoms with E-state index in [9.17, 15) is 17.6 Å². The van der Waals surface area contributed by atoms with Crippen LogP contribution >= 0.6 is 15.9 Å². The number of anilines is 2. The Labute approximate surface area is 124 Å². The van der Waals surface area contributed by atoms with E-state index in [4.69, 9.17) is 0 Å². The summed E-state index contributed by atoms with van der Waals surface area (Å²) in [6.45, 7) is 0.0886. The molecule has 1 atom stereocenters. The van der Waals surface area contributed by atoms with E-state index in [1.807, 2.05) is 0 Å². The van der Waals surface area contributed by atoms with Crippen molar-refractivity contribution in [1.29, 1.82) is 0 Å². The van der Waals surface area contributed by atoms with Gasteiger partial charge in [0, 0.05) is 12.1 Å². The molecule has 0 bridgehead atoms. The number of sulfone groups is 1. The predicted molar refractivity (Wildman–Crippen MR) is 77.1 cm³/mol. The quantitative estimate of drug-likeness (QED) is 0.822. The summed E-state index contributed by atoms with van der Waals surface area (Å²) >= 11 is 3.12. The van der Waals surface area contributed by atoms with Crippen LogP contribution in [0.5, 0.6) is 0 Å². The lowest BCUT2D eigenvalue weighted by atomic mass is 10.1. The van der Waals surface area contributed by atoms with Crippen molar-refractivity contribution in [3.8, 4) is 0 Å². The smallest absolute Gasteiger partial charge is 0.243 e. The predicted octanol–water partition coefficient (Wildman–Crippen LogP) is 1.53. The van der Waals surface area contributed by atoms with E-state index in [1.165, 1.54) is 6.07 Å². The highest BCUT2D eigenvalue weighted by Crippen LogP contribution is 2.37. The molecule has 0 spiro atoms. The number of halogens is 2. The number of hydrogen-bond acceptors (Lipinski definition) is 4. The second kappa shape index (κ2) is 4.70. The Morgan fingerprint density at radius 3 is 2.80 bits per heavy atom. The van der Waals surface area contributed by atoms with Crippen molar-refractivity contribution < 1.29 is 17.6 Å². The summed E-state index contributed by atoms with van der Waals surface area (Å²) < 4.78 is 37.0. The van der Waals surface area contributed by atoms with Crippen molar-refractivity contribution in [2.75, 3.05) is 28.3 Å². The number of benzene rings is 1. The molecule has 2 heterocycles. The first-order valence-corrected chi connectivity index (χ1v) is 8.73. The minimum absolute atomic E-state index is 0.0364. The molecule has 1 aromatic rings. The fourth-order valence-electron chi connectivity index (χ4n) is 2.65. The van der Waals surface area contributed by atoms with E-state index < -0.39 is 15.7 Å². The topological polar surface area (TPSA) is 66.5 Å². The van der Waals surface area contributed by atoms with Crippen molar-refractivity contribution in [3.63, 3.8) is 0 Å². The highest BCUT2D eigenvalue weighted by molar-refractivity contribution is 9.10. The molecule has 1 saturated heterocycles. The summed E-state index contributed by atoms with van der Waals surface area (Å²) in [6, 6.07) is 2.59. The number of amides is 1. The minimum atomic E-state index is -3.04. The van der Waals surface area contributed by atoms with Gasteiger partial charge in [-0.25, -0.2) is 12.8 Å². The summed E-state index contributed by atoms with van der Waals surface area (Å²) in [4.78, 5) is 13.5. The van der Waals surface area contributed by atoms with Gasteiger partial charge >= 0.3 is 0 Å². The van der Waals surface area contributed by atoms with E-state index in [1.54, 1.807) is 11.0 Å². The lowest BCUT2D eigenvalue weighted by Crippen LogP contribution is -2.45. The van der Waals surface area contributed by atoms with Gasteiger partial charge in [-0.15, -0.1) is 0 Å². The number of nitrogens with one attached hydrogen (secondary N) is 1. The molecular formula is C12H12BrFN2O3S. The Kier molecular flexibility index (Phi) is 3.24. The van der Waals surface area contributed by atoms with E-state index in [0.717, 1.165) is 0 Å². The second-order valence-electron chi connectivity index (χ2n) is 5.02. The van der Waals surface area contributed by atoms with E-state index >= 15 is 0 Å². The zero-order valence-electron chi connectivity index (χ0n) is 10.4. The molecule has 8 heteroatoms. The average Bonchev–Trinajstić information content (AvgIpc) is 2.71. The van der Waals surface area contributed by atoms with Crippen LogP contribution in [0, 0.1) is 5.82 Å². The zero-order chi connectivity index (χ0) is 14.5. The van der Waals surface area contributed by atoms with Gasteiger partial charge in [0.25, 0.3) is 0 Å². The third kappa shape index (κ3) is 2.42. The minimum Gasteiger partial charge on any atom is -0.356 e. The number of fused-ring (bicyclic) bond motifs is 1. The van der Waals surface area contributed by atoms with Gasteiger partial charge < -0.3 is 10.2 Å². The summed E-state index contributed by atoms with van der Waals surface area (Å²) in [5, 5.41) is 2.61. The average molecular weight is 363 g/mol. The van der Waals surface area contributed by atoms with Gasteiger partial charge in [-0.05, 0) is 28.4 Å². The lowest BCUT2D eigenvalue weighted by molar-refractivity contribution is -0.115. The van der Waals surface area contributed by atoms with Crippen LogP contribution in [0.1, 0.15) is 6.42 Å². The fraction of sp³-hybridized carbons (Fsp3) is 0.417. The number of carbonyl (C=O) groups excluding carboxylic acids is 1. The molecule has 108 valence electrons. The van der Waals surface area contributed by atoms with Crippen LogP contribution in [0.2, 0.25) is 0 Å². The van der Waals surface area contributed by atoms with Gasteiger partial charge in [0.15, 0.2) is 9.84 Å². The molecule has 2 aliphatic rings. The van der Waals surface area contributed by atoms with Gasteiger partial charge in [-0.2, -0.15) is 0 Å². The highest BCUT2D eigenvalue weighted by Gasteiger charge is 2.36. The summed E-state index contributed by atoms with van der Waals surface area (Å²) in [5.41, 5.74) is 1.03. The van der Waals surface area contributed by atoms with E-state index in [-0.39, 0.29) is 30.0 Å². The molecule has 2 aliphatic heterocycles. The van der Waals surface area contributed by atoms with Gasteiger partial charge in [0.1, 0.15) is 5.82 Å². The molecule has 1 aromatic carbocycles. The molecule has 3 rings (SSSR count). The van der Waals surface area contributed by atoms with Gasteiger partial charge in [0.2, 0.25) is 5.91 Å². The largest absolute Gasteiger partial charge is 0.356 e. The lowest BCUT2D eigenvalue weighted by Gasteiger charge is -2.35. The Morgan fingerprint density at radius 2 is 2.15 bits per heavy atom. The van der Waals surface area contributed by atoms with Crippen molar-refractivity contribution >= 4 is 43.0 Å². The van der Waals surface area contributed by atoms with Crippen LogP contribution in [-0.2, 0) is 14.6 Å². The normalized spacial score (nSPS) is 24.4. The maximum absolute atomic E-state index is 13.5. The van der Waals surface area contributed by atoms with Crippen molar-refractivity contribution in [2.24, 2.45) is 0 Å². The molecule has 1 fully saturated rings. The van der Waals surface area contributed by atoms with E-state index in [2.05, 4.69) is 21.2 Å². The van der Waals surface area contributed by atoms with Crippen LogP contribution in [0.4, 0.5) is 15.8 Å². The first-order valence-electron chi connectivity index (χ1n) is 6.12. The van der Waals surface area contributed by atoms with Crippen molar-refractivity contribution in [3.05, 3.63) is 22.4 Å². The van der Waals surface area contributed by atoms with Gasteiger partial charge in [-0.1, -0.05) is 0 Å². The third-order valence-corrected chi connectivity index (χ3v) is 5.94. The fourth-order valence-corrected chi connectivity index (χ4v) is 4.71. The Balaban J connectivity index is 2.02. The zero-order valence-corrected chi connectivity index (χ0v) is 12.8. The highest BCUT2D eigenvalue weighted by atomic mass is 79.9. The molecule has 5 nitrogen and oxygen atoms in total. The van der Waals surface area contributed by atoms with Crippen LogP contribution in [0.25, 0.3) is 0 Å². The molecule has 0 aliphatic carbocycles. The standard InChI is InChI=1S/C12H12BrFN2O3S/c13-8-3-11-10(4-9(8)14)15-12(17)5-16(11)7-1-2-20(18,19)6-7/h3-4,7H,1-2,5-6H2,(H,15,17). The van der Waals surface area contributed by atoms with Crippen LogP contribution in [0.15, 0.2) is 16.6 Å². The molecule has 1 unspecified atom stereocenters. The maximum Gasteiger partial charge on any atom is 0.243 e. The molecule has 0 radical (unpaired) electrons. The number of hydrogen-bond donors (Lipinski definition) is 1. The van der Waals surface area contributed by atoms with Crippen LogP contribution in [0.3, 0.4) is 0 Å². The third-order valence-electron chi connectivity index (χ3n) is 3.59. The molecule has 20 heavy (non-hydrogen) atoms. The first-order chi connectivity index (χ1) is 9.35. The second-order valence-corrected chi connectivity index (χ2v) is 8.10. The van der Waals surface area contributed by atoms with Crippen LogP contribution in [-0.4, -0.2) is 38.4 Å². The van der Waals surface area contributed by atoms with Crippen LogP contribution < -0.4 is 10.2 Å². The SMILES string of the molecule is O=C1CN(C2CCS(=O)(=O)C2)c2cc(Br)c(F)cc2N1. The molecule has 1 amide bonds. The van der Waals surface area contributed by atoms with Crippen molar-refractivity contribution in [1.82, 2.24) is 0 Å². The first kappa shape index (κ1) is 13.8. The monoisotopic (exact) mass is 362 g/mol. The van der Waals surface area contributed by atoms with E-state index in [0.29, 0.717) is 22.3 Å². The Bertz CT molecular complexity index is 692. The summed E-state index contributed by atoms with van der Waals surface area (Å²) in [7, 11) is -3.04. The maximum atomic E-state index is 13.5. The number of rotatable bonds is 1. The molecule has 0 saturated carbocycles. The van der Waals surface area contributed by atoms with Gasteiger partial charge in [-0.3, -0.25) is 4.79 Å².